The van der Waals surface area contributed by atoms with Gasteiger partial charge in [-0.05, 0) is 13.3 Å². The number of nitrogens with one attached hydrogen (secondary N) is 1. The van der Waals surface area contributed by atoms with Crippen LogP contribution in [-0.2, 0) is 4.79 Å². The van der Waals surface area contributed by atoms with Gasteiger partial charge in [-0.25, -0.2) is 0 Å². The fourth-order valence-corrected chi connectivity index (χ4v) is 0.409. The van der Waals surface area contributed by atoms with Gasteiger partial charge in [-0.15, -0.1) is 0 Å². The Bertz CT molecular complexity index is 91.1. The summed E-state index contributed by atoms with van der Waals surface area (Å²) < 4.78 is 0. The van der Waals surface area contributed by atoms with Gasteiger partial charge in [-0.2, -0.15) is 0 Å². The van der Waals surface area contributed by atoms with E-state index >= 15 is 0 Å². The molecule has 0 aromatic rings. The van der Waals surface area contributed by atoms with E-state index in [0.29, 0.717) is 0 Å². The predicted molar refractivity (Wildman–Crippen MR) is 37.0 cm³/mol. The van der Waals surface area contributed by atoms with Gasteiger partial charge in [-0.1, -0.05) is 6.92 Å². The number of hydrogen-bond donors (Lipinski definition) is 2. The third-order valence-electron chi connectivity index (χ3n) is 0.963. The number of nitrogens with two attached hydrogens (primary N) is 1. The highest BCUT2D eigenvalue weighted by Gasteiger charge is 2.03. The van der Waals surface area contributed by atoms with Gasteiger partial charge in [0.2, 0.25) is 5.91 Å². The second kappa shape index (κ2) is 4.32. The molecule has 0 saturated heterocycles. The second-order valence-electron chi connectivity index (χ2n) is 2.08. The molecule has 0 radical (unpaired) electrons. The Hall–Kier alpha value is -0.570. The average molecular weight is 130 g/mol. The molecular formula is C6H14N2O. The summed E-state index contributed by atoms with van der Waals surface area (Å²) in [5.41, 5.74) is 5.26. The summed E-state index contributed by atoms with van der Waals surface area (Å²) in [5, 5.41) is 2.67. The third kappa shape index (κ3) is 3.97. The van der Waals surface area contributed by atoms with Crippen LogP contribution in [0.2, 0.25) is 0 Å². The SMILES string of the molecule is CCCNC(=O)[C@@H](C)N. The lowest BCUT2D eigenvalue weighted by molar-refractivity contribution is -0.121. The van der Waals surface area contributed by atoms with Gasteiger partial charge >= 0.3 is 0 Å². The average Bonchev–Trinajstić information content (AvgIpc) is 1.82. The van der Waals surface area contributed by atoms with Crippen LogP contribution in [0.3, 0.4) is 0 Å². The zero-order chi connectivity index (χ0) is 7.28. The van der Waals surface area contributed by atoms with Gasteiger partial charge in [0, 0.05) is 6.54 Å². The highest BCUT2D eigenvalue weighted by atomic mass is 16.2. The first kappa shape index (κ1) is 8.43. The molecular weight excluding hydrogens is 116 g/mol. The molecule has 1 atom stereocenters. The van der Waals surface area contributed by atoms with E-state index in [1.807, 2.05) is 6.92 Å². The minimum absolute atomic E-state index is 0.0724. The molecule has 0 bridgehead atoms. The normalized spacial score (nSPS) is 12.8. The topological polar surface area (TPSA) is 55.1 Å². The summed E-state index contributed by atoms with van der Waals surface area (Å²) in [5.74, 6) is -0.0724. The Morgan fingerprint density at radius 2 is 2.33 bits per heavy atom. The van der Waals surface area contributed by atoms with Gasteiger partial charge in [0.05, 0.1) is 6.04 Å². The lowest BCUT2D eigenvalue weighted by atomic mass is 10.3. The zero-order valence-corrected chi connectivity index (χ0v) is 5.98. The van der Waals surface area contributed by atoms with Gasteiger partial charge in [0.25, 0.3) is 0 Å². The maximum Gasteiger partial charge on any atom is 0.236 e. The molecule has 3 heteroatoms. The quantitative estimate of drug-likeness (QED) is 0.558. The third-order valence-corrected chi connectivity index (χ3v) is 0.963. The Labute approximate surface area is 55.6 Å². The monoisotopic (exact) mass is 130 g/mol. The Balaban J connectivity index is 3.28. The molecule has 0 aliphatic carbocycles. The van der Waals surface area contributed by atoms with Crippen molar-refractivity contribution in [2.24, 2.45) is 5.73 Å². The van der Waals surface area contributed by atoms with Crippen LogP contribution in [0.25, 0.3) is 0 Å². The number of amides is 1. The summed E-state index contributed by atoms with van der Waals surface area (Å²) in [7, 11) is 0. The minimum Gasteiger partial charge on any atom is -0.355 e. The number of carbonyl (C=O) groups excluding carboxylic acids is 1. The number of hydrogen-bond acceptors (Lipinski definition) is 2. The number of rotatable bonds is 3. The van der Waals surface area contributed by atoms with Crippen molar-refractivity contribution in [1.82, 2.24) is 5.32 Å². The van der Waals surface area contributed by atoms with E-state index in [4.69, 9.17) is 5.73 Å². The van der Waals surface area contributed by atoms with E-state index in [2.05, 4.69) is 5.32 Å². The molecule has 0 aromatic carbocycles. The molecule has 0 aliphatic rings. The Morgan fingerprint density at radius 1 is 1.78 bits per heavy atom. The molecule has 0 saturated carbocycles. The van der Waals surface area contributed by atoms with Gasteiger partial charge in [0.1, 0.15) is 0 Å². The van der Waals surface area contributed by atoms with E-state index in [0.717, 1.165) is 13.0 Å². The van der Waals surface area contributed by atoms with Crippen LogP contribution in [0, 0.1) is 0 Å². The molecule has 0 unspecified atom stereocenters. The molecule has 3 nitrogen and oxygen atoms in total. The van der Waals surface area contributed by atoms with E-state index in [-0.39, 0.29) is 11.9 Å². The largest absolute Gasteiger partial charge is 0.355 e. The molecule has 3 N–H and O–H groups in total. The lowest BCUT2D eigenvalue weighted by Gasteiger charge is -2.04. The van der Waals surface area contributed by atoms with Crippen LogP contribution in [0.1, 0.15) is 20.3 Å². The Kier molecular flexibility index (Phi) is 4.05. The summed E-state index contributed by atoms with van der Waals surface area (Å²) >= 11 is 0. The first-order chi connectivity index (χ1) is 4.18. The predicted octanol–water partition coefficient (Wildman–Crippen LogP) is -0.140. The lowest BCUT2D eigenvalue weighted by Crippen LogP contribution is -2.38. The van der Waals surface area contributed by atoms with Gasteiger partial charge in [-0.3, -0.25) is 4.79 Å². The second-order valence-corrected chi connectivity index (χ2v) is 2.08. The molecule has 0 rings (SSSR count). The Morgan fingerprint density at radius 3 is 2.67 bits per heavy atom. The molecule has 0 aliphatic heterocycles. The van der Waals surface area contributed by atoms with Crippen LogP contribution in [-0.4, -0.2) is 18.5 Å². The van der Waals surface area contributed by atoms with Crippen LogP contribution in [0.5, 0.6) is 0 Å². The molecule has 0 fully saturated rings. The van der Waals surface area contributed by atoms with Crippen molar-refractivity contribution >= 4 is 5.91 Å². The minimum atomic E-state index is -0.378. The standard InChI is InChI=1S/C6H14N2O/c1-3-4-8-6(9)5(2)7/h5H,3-4,7H2,1-2H3,(H,8,9)/t5-/m1/s1. The molecule has 1 amide bonds. The van der Waals surface area contributed by atoms with Crippen molar-refractivity contribution in [2.75, 3.05) is 6.54 Å². The fourth-order valence-electron chi connectivity index (χ4n) is 0.409. The first-order valence-electron chi connectivity index (χ1n) is 3.21. The van der Waals surface area contributed by atoms with Crippen molar-refractivity contribution in [1.29, 1.82) is 0 Å². The maximum atomic E-state index is 10.7. The van der Waals surface area contributed by atoms with E-state index in [1.165, 1.54) is 0 Å². The first-order valence-corrected chi connectivity index (χ1v) is 3.21. The van der Waals surface area contributed by atoms with E-state index < -0.39 is 0 Å². The number of carbonyl (C=O) groups is 1. The van der Waals surface area contributed by atoms with Crippen LogP contribution in [0.15, 0.2) is 0 Å². The molecule has 54 valence electrons. The van der Waals surface area contributed by atoms with Crippen LogP contribution < -0.4 is 11.1 Å². The zero-order valence-electron chi connectivity index (χ0n) is 5.98. The molecule has 0 aromatic heterocycles. The summed E-state index contributed by atoms with van der Waals surface area (Å²) in [4.78, 5) is 10.7. The van der Waals surface area contributed by atoms with Gasteiger partial charge in [0.15, 0.2) is 0 Å². The van der Waals surface area contributed by atoms with Crippen LogP contribution in [0.4, 0.5) is 0 Å². The van der Waals surface area contributed by atoms with E-state index in [1.54, 1.807) is 6.92 Å². The molecule has 9 heavy (non-hydrogen) atoms. The summed E-state index contributed by atoms with van der Waals surface area (Å²) in [6.07, 6.45) is 0.957. The molecule has 0 heterocycles. The van der Waals surface area contributed by atoms with Crippen molar-refractivity contribution < 1.29 is 4.79 Å². The summed E-state index contributed by atoms with van der Waals surface area (Å²) in [6.45, 7) is 4.40. The van der Waals surface area contributed by atoms with Gasteiger partial charge < -0.3 is 11.1 Å². The highest BCUT2D eigenvalue weighted by molar-refractivity contribution is 5.80. The van der Waals surface area contributed by atoms with Crippen molar-refractivity contribution in [3.63, 3.8) is 0 Å². The smallest absolute Gasteiger partial charge is 0.236 e. The molecule has 0 spiro atoms. The fraction of sp³-hybridized carbons (Fsp3) is 0.833. The van der Waals surface area contributed by atoms with E-state index in [9.17, 15) is 4.79 Å². The highest BCUT2D eigenvalue weighted by Crippen LogP contribution is 1.75. The maximum absolute atomic E-state index is 10.7. The van der Waals surface area contributed by atoms with Crippen LogP contribution >= 0.6 is 0 Å². The van der Waals surface area contributed by atoms with Crippen molar-refractivity contribution in [3.05, 3.63) is 0 Å². The van der Waals surface area contributed by atoms with Crippen molar-refractivity contribution in [3.8, 4) is 0 Å². The summed E-state index contributed by atoms with van der Waals surface area (Å²) in [6, 6.07) is -0.378. The van der Waals surface area contributed by atoms with Crippen molar-refractivity contribution in [2.45, 2.75) is 26.3 Å².